The lowest BCUT2D eigenvalue weighted by atomic mass is 9.89. The fourth-order valence-corrected chi connectivity index (χ4v) is 3.80. The van der Waals surface area contributed by atoms with E-state index in [4.69, 9.17) is 9.72 Å². The van der Waals surface area contributed by atoms with E-state index in [9.17, 15) is 0 Å². The molecule has 0 aliphatic carbocycles. The molecule has 0 saturated carbocycles. The van der Waals surface area contributed by atoms with E-state index in [1.54, 1.807) is 11.5 Å². The summed E-state index contributed by atoms with van der Waals surface area (Å²) in [5, 5.41) is 1.09. The lowest BCUT2D eigenvalue weighted by molar-refractivity contribution is -0.0357. The van der Waals surface area contributed by atoms with E-state index in [1.165, 1.54) is 12.8 Å². The van der Waals surface area contributed by atoms with Gasteiger partial charge in [0.1, 0.15) is 5.82 Å². The van der Waals surface area contributed by atoms with Crippen LogP contribution in [-0.2, 0) is 10.2 Å². The topological polar surface area (TPSA) is 38.2 Å². The molecule has 0 radical (unpaired) electrons. The quantitative estimate of drug-likeness (QED) is 0.793. The Morgan fingerprint density at radius 1 is 1.32 bits per heavy atom. The highest BCUT2D eigenvalue weighted by atomic mass is 32.1. The highest BCUT2D eigenvalue weighted by Gasteiger charge is 2.33. The first-order valence-electron chi connectivity index (χ1n) is 7.25. The zero-order valence-corrected chi connectivity index (χ0v) is 12.9. The van der Waals surface area contributed by atoms with Crippen LogP contribution in [0.15, 0.2) is 0 Å². The molecule has 0 N–H and O–H groups in total. The second-order valence-electron chi connectivity index (χ2n) is 6.70. The van der Waals surface area contributed by atoms with Gasteiger partial charge in [0, 0.05) is 42.6 Å². The monoisotopic (exact) mass is 281 g/mol. The van der Waals surface area contributed by atoms with Gasteiger partial charge < -0.3 is 9.64 Å². The lowest BCUT2D eigenvalue weighted by Crippen LogP contribution is -2.46. The second-order valence-corrected chi connectivity index (χ2v) is 7.43. The number of piperidine rings is 1. The van der Waals surface area contributed by atoms with Crippen LogP contribution in [0.5, 0.6) is 0 Å². The Hall–Kier alpha value is -0.680. The smallest absolute Gasteiger partial charge is 0.205 e. The van der Waals surface area contributed by atoms with E-state index in [0.29, 0.717) is 12.0 Å². The van der Waals surface area contributed by atoms with Crippen LogP contribution in [0.4, 0.5) is 5.13 Å². The van der Waals surface area contributed by atoms with Crippen molar-refractivity contribution in [3.8, 4) is 0 Å². The van der Waals surface area contributed by atoms with Gasteiger partial charge in [0.15, 0.2) is 0 Å². The van der Waals surface area contributed by atoms with Gasteiger partial charge in [0.05, 0.1) is 6.10 Å². The normalized spacial score (nSPS) is 28.3. The Bertz CT molecular complexity index is 440. The maximum atomic E-state index is 5.87. The van der Waals surface area contributed by atoms with Gasteiger partial charge in [-0.05, 0) is 19.3 Å². The van der Waals surface area contributed by atoms with E-state index >= 15 is 0 Å². The molecule has 2 atom stereocenters. The first kappa shape index (κ1) is 13.3. The summed E-state index contributed by atoms with van der Waals surface area (Å²) in [6.45, 7) is 9.59. The van der Waals surface area contributed by atoms with E-state index in [0.717, 1.165) is 37.1 Å². The molecule has 19 heavy (non-hydrogen) atoms. The van der Waals surface area contributed by atoms with Gasteiger partial charge in [-0.3, -0.25) is 0 Å². The summed E-state index contributed by atoms with van der Waals surface area (Å²) >= 11 is 1.55. The number of fused-ring (bicyclic) bond motifs is 1. The molecule has 1 aromatic rings. The van der Waals surface area contributed by atoms with Crippen LogP contribution in [0.2, 0.25) is 0 Å². The number of nitrogens with zero attached hydrogens (tertiary/aromatic N) is 3. The third kappa shape index (κ3) is 2.77. The molecular formula is C14H23N3OS. The van der Waals surface area contributed by atoms with Gasteiger partial charge in [-0.25, -0.2) is 4.98 Å². The molecule has 2 aliphatic heterocycles. The summed E-state index contributed by atoms with van der Waals surface area (Å²) in [5.74, 6) is 1.65. The maximum absolute atomic E-state index is 5.87. The molecule has 0 bridgehead atoms. The molecule has 2 saturated heterocycles. The minimum Gasteiger partial charge on any atom is -0.378 e. The minimum atomic E-state index is 0.0427. The van der Waals surface area contributed by atoms with Crippen molar-refractivity contribution in [2.24, 2.45) is 5.92 Å². The molecule has 1 aromatic heterocycles. The van der Waals surface area contributed by atoms with Crippen molar-refractivity contribution < 1.29 is 4.74 Å². The molecule has 5 heteroatoms. The van der Waals surface area contributed by atoms with Crippen molar-refractivity contribution in [3.05, 3.63) is 5.82 Å². The first-order valence-corrected chi connectivity index (χ1v) is 8.02. The number of hydrogen-bond acceptors (Lipinski definition) is 5. The summed E-state index contributed by atoms with van der Waals surface area (Å²) in [4.78, 5) is 7.14. The molecule has 2 aliphatic rings. The number of hydrogen-bond donors (Lipinski definition) is 0. The fourth-order valence-electron chi connectivity index (χ4n) is 2.91. The molecule has 106 valence electrons. The van der Waals surface area contributed by atoms with Gasteiger partial charge in [0.2, 0.25) is 5.13 Å². The van der Waals surface area contributed by atoms with Gasteiger partial charge >= 0.3 is 0 Å². The number of ether oxygens (including phenoxy) is 1. The van der Waals surface area contributed by atoms with Crippen molar-refractivity contribution in [1.82, 2.24) is 9.36 Å². The standard InChI is InChI=1S/C14H23N3OS/c1-14(2,3)12-15-13(19-16-12)17-7-6-11-10(9-17)5-4-8-18-11/h10-11H,4-9H2,1-3H3. The summed E-state index contributed by atoms with van der Waals surface area (Å²) in [6.07, 6.45) is 4.12. The second kappa shape index (κ2) is 5.02. The summed E-state index contributed by atoms with van der Waals surface area (Å²) in [7, 11) is 0. The highest BCUT2D eigenvalue weighted by molar-refractivity contribution is 7.09. The van der Waals surface area contributed by atoms with Crippen molar-refractivity contribution in [2.75, 3.05) is 24.6 Å². The zero-order valence-electron chi connectivity index (χ0n) is 12.1. The molecule has 3 rings (SSSR count). The Kier molecular flexibility index (Phi) is 3.52. The third-order valence-electron chi connectivity index (χ3n) is 4.07. The molecule has 2 fully saturated rings. The van der Waals surface area contributed by atoms with Crippen molar-refractivity contribution in [3.63, 3.8) is 0 Å². The largest absolute Gasteiger partial charge is 0.378 e. The number of aromatic nitrogens is 2. The van der Waals surface area contributed by atoms with Gasteiger partial charge in [-0.15, -0.1) is 0 Å². The van der Waals surface area contributed by atoms with Crippen molar-refractivity contribution in [1.29, 1.82) is 0 Å². The van der Waals surface area contributed by atoms with Gasteiger partial charge in [0.25, 0.3) is 0 Å². The Balaban J connectivity index is 1.71. The molecule has 0 spiro atoms. The van der Waals surface area contributed by atoms with Crippen LogP contribution in [0, 0.1) is 5.92 Å². The Labute approximate surface area is 119 Å². The molecule has 4 nitrogen and oxygen atoms in total. The predicted molar refractivity (Wildman–Crippen MR) is 77.9 cm³/mol. The van der Waals surface area contributed by atoms with Crippen LogP contribution in [0.25, 0.3) is 0 Å². The highest BCUT2D eigenvalue weighted by Crippen LogP contribution is 2.32. The molecule has 0 amide bonds. The average molecular weight is 281 g/mol. The van der Waals surface area contributed by atoms with E-state index in [2.05, 4.69) is 30.0 Å². The Morgan fingerprint density at radius 3 is 2.89 bits per heavy atom. The molecule has 0 aromatic carbocycles. The Morgan fingerprint density at radius 2 is 2.16 bits per heavy atom. The van der Waals surface area contributed by atoms with Crippen LogP contribution < -0.4 is 4.90 Å². The van der Waals surface area contributed by atoms with Crippen LogP contribution in [0.3, 0.4) is 0 Å². The fraction of sp³-hybridized carbons (Fsp3) is 0.857. The average Bonchev–Trinajstić information content (AvgIpc) is 2.87. The minimum absolute atomic E-state index is 0.0427. The van der Waals surface area contributed by atoms with Crippen LogP contribution in [0.1, 0.15) is 45.9 Å². The summed E-state index contributed by atoms with van der Waals surface area (Å²) in [6, 6.07) is 0. The predicted octanol–water partition coefficient (Wildman–Crippen LogP) is 2.84. The van der Waals surface area contributed by atoms with E-state index in [1.807, 2.05) is 0 Å². The summed E-state index contributed by atoms with van der Waals surface area (Å²) in [5.41, 5.74) is 0.0427. The van der Waals surface area contributed by atoms with Crippen molar-refractivity contribution >= 4 is 16.7 Å². The lowest BCUT2D eigenvalue weighted by Gasteiger charge is -2.40. The van der Waals surface area contributed by atoms with E-state index < -0.39 is 0 Å². The molecular weight excluding hydrogens is 258 g/mol. The van der Waals surface area contributed by atoms with Gasteiger partial charge in [-0.1, -0.05) is 20.8 Å². The van der Waals surface area contributed by atoms with Crippen LogP contribution >= 0.6 is 11.5 Å². The molecule has 2 unspecified atom stereocenters. The number of anilines is 1. The zero-order chi connectivity index (χ0) is 13.5. The molecule has 3 heterocycles. The first-order chi connectivity index (χ1) is 9.04. The number of rotatable bonds is 1. The summed E-state index contributed by atoms with van der Waals surface area (Å²) < 4.78 is 10.4. The van der Waals surface area contributed by atoms with E-state index in [-0.39, 0.29) is 5.41 Å². The maximum Gasteiger partial charge on any atom is 0.205 e. The third-order valence-corrected chi connectivity index (χ3v) is 4.85. The van der Waals surface area contributed by atoms with Crippen LogP contribution in [-0.4, -0.2) is 35.2 Å². The van der Waals surface area contributed by atoms with Crippen molar-refractivity contribution in [2.45, 2.75) is 51.6 Å². The van der Waals surface area contributed by atoms with Gasteiger partial charge in [-0.2, -0.15) is 4.37 Å². The SMILES string of the molecule is CC(C)(C)c1nsc(N2CCC3OCCCC3C2)n1.